The molecule has 8 nitrogen and oxygen atoms in total. The molecule has 0 aliphatic rings. The summed E-state index contributed by atoms with van der Waals surface area (Å²) in [5, 5.41) is 9.89. The van der Waals surface area contributed by atoms with Gasteiger partial charge in [0.1, 0.15) is 25.9 Å². The van der Waals surface area contributed by atoms with Crippen LogP contribution in [0.25, 0.3) is 0 Å². The first-order chi connectivity index (χ1) is 27.6. The fourth-order valence-corrected chi connectivity index (χ4v) is 6.68. The minimum atomic E-state index is -4.50. The van der Waals surface area contributed by atoms with E-state index in [1.807, 2.05) is 21.1 Å². The molecule has 0 heterocycles. The molecule has 0 amide bonds. The minimum Gasteiger partial charge on any atom is -0.756 e. The SMILES string of the molecule is CC/C=C\C/C=C\C/C=C\C/C=C\C/C=C\C/C=C\CCCCCCCCCCCCCCCCCCCCC(=O)OCC(O)COP(=O)([O-])OCC[N+](C)(C)C. The number of phosphoric ester groups is 1. The van der Waals surface area contributed by atoms with Crippen molar-refractivity contribution in [1.29, 1.82) is 0 Å². The van der Waals surface area contributed by atoms with Crippen LogP contribution in [0.15, 0.2) is 72.9 Å². The highest BCUT2D eigenvalue weighted by Gasteiger charge is 2.16. The maximum atomic E-state index is 11.9. The van der Waals surface area contributed by atoms with E-state index >= 15 is 0 Å². The van der Waals surface area contributed by atoms with Crippen LogP contribution >= 0.6 is 7.82 Å². The molecule has 0 aliphatic heterocycles. The number of phosphoric acid groups is 1. The van der Waals surface area contributed by atoms with Crippen molar-refractivity contribution in [2.45, 2.75) is 180 Å². The Balaban J connectivity index is 3.41. The molecule has 9 heteroatoms. The van der Waals surface area contributed by atoms with E-state index in [-0.39, 0.29) is 19.2 Å². The van der Waals surface area contributed by atoms with Gasteiger partial charge in [0.2, 0.25) is 0 Å². The third-order valence-corrected chi connectivity index (χ3v) is 10.4. The van der Waals surface area contributed by atoms with Crippen molar-refractivity contribution in [2.75, 3.05) is 47.5 Å². The first kappa shape index (κ1) is 54.9. The fourth-order valence-electron chi connectivity index (χ4n) is 5.95. The summed E-state index contributed by atoms with van der Waals surface area (Å²) < 4.78 is 26.9. The number of ether oxygens (including phenoxy) is 1. The minimum absolute atomic E-state index is 0.00922. The molecule has 57 heavy (non-hydrogen) atoms. The van der Waals surface area contributed by atoms with Gasteiger partial charge in [0.15, 0.2) is 0 Å². The lowest BCUT2D eigenvalue weighted by molar-refractivity contribution is -0.870. The van der Waals surface area contributed by atoms with Crippen LogP contribution in [0.2, 0.25) is 0 Å². The smallest absolute Gasteiger partial charge is 0.305 e. The molecule has 0 spiro atoms. The quantitative estimate of drug-likeness (QED) is 0.0215. The van der Waals surface area contributed by atoms with Crippen molar-refractivity contribution in [3.05, 3.63) is 72.9 Å². The Morgan fingerprint density at radius 1 is 0.561 bits per heavy atom. The Morgan fingerprint density at radius 3 is 1.33 bits per heavy atom. The van der Waals surface area contributed by atoms with Crippen LogP contribution in [0, 0.1) is 0 Å². The largest absolute Gasteiger partial charge is 0.756 e. The normalized spacial score (nSPS) is 14.4. The number of aliphatic hydroxyl groups is 1. The molecule has 0 saturated carbocycles. The van der Waals surface area contributed by atoms with E-state index in [1.54, 1.807) is 0 Å². The summed E-state index contributed by atoms with van der Waals surface area (Å²) in [6.07, 6.45) is 56.6. The van der Waals surface area contributed by atoms with Crippen molar-refractivity contribution in [2.24, 2.45) is 0 Å². The van der Waals surface area contributed by atoms with E-state index in [9.17, 15) is 19.4 Å². The topological polar surface area (TPSA) is 105 Å². The van der Waals surface area contributed by atoms with Gasteiger partial charge in [-0.2, -0.15) is 0 Å². The van der Waals surface area contributed by atoms with Gasteiger partial charge in [-0.1, -0.05) is 183 Å². The van der Waals surface area contributed by atoms with E-state index in [4.69, 9.17) is 13.8 Å². The molecule has 0 bridgehead atoms. The molecule has 0 aromatic carbocycles. The molecule has 0 fully saturated rings. The summed E-state index contributed by atoms with van der Waals surface area (Å²) in [7, 11) is 1.25. The van der Waals surface area contributed by atoms with Gasteiger partial charge in [-0.15, -0.1) is 0 Å². The van der Waals surface area contributed by atoms with Gasteiger partial charge in [-0.3, -0.25) is 9.36 Å². The average Bonchev–Trinajstić information content (AvgIpc) is 3.17. The van der Waals surface area contributed by atoms with E-state index < -0.39 is 20.5 Å². The Morgan fingerprint density at radius 2 is 0.930 bits per heavy atom. The highest BCUT2D eigenvalue weighted by Crippen LogP contribution is 2.38. The molecular weight excluding hydrogens is 734 g/mol. The van der Waals surface area contributed by atoms with Crippen molar-refractivity contribution >= 4 is 13.8 Å². The van der Waals surface area contributed by atoms with Gasteiger partial charge in [0.25, 0.3) is 7.82 Å². The maximum Gasteiger partial charge on any atom is 0.305 e. The second-order valence-electron chi connectivity index (χ2n) is 16.2. The third-order valence-electron chi connectivity index (χ3n) is 9.47. The first-order valence-corrected chi connectivity index (χ1v) is 24.2. The number of nitrogens with zero attached hydrogens (tertiary/aromatic N) is 1. The molecule has 1 N–H and O–H groups in total. The third kappa shape index (κ3) is 46.5. The number of allylic oxidation sites excluding steroid dienone is 12. The summed E-state index contributed by atoms with van der Waals surface area (Å²) in [4.78, 5) is 23.7. The number of carbonyl (C=O) groups excluding carboxylic acids is 1. The number of hydrogen-bond acceptors (Lipinski definition) is 7. The predicted octanol–water partition coefficient (Wildman–Crippen LogP) is 12.6. The summed E-state index contributed by atoms with van der Waals surface area (Å²) in [6, 6.07) is 0. The van der Waals surface area contributed by atoms with Crippen LogP contribution < -0.4 is 4.89 Å². The van der Waals surface area contributed by atoms with Crippen LogP contribution in [0.1, 0.15) is 174 Å². The highest BCUT2D eigenvalue weighted by atomic mass is 31.2. The average molecular weight is 820 g/mol. The lowest BCUT2D eigenvalue weighted by atomic mass is 10.0. The van der Waals surface area contributed by atoms with Gasteiger partial charge >= 0.3 is 5.97 Å². The molecule has 2 atom stereocenters. The van der Waals surface area contributed by atoms with E-state index in [0.29, 0.717) is 17.4 Å². The van der Waals surface area contributed by atoms with Crippen molar-refractivity contribution in [1.82, 2.24) is 0 Å². The van der Waals surface area contributed by atoms with Gasteiger partial charge in [-0.25, -0.2) is 0 Å². The van der Waals surface area contributed by atoms with Gasteiger partial charge in [-0.05, 0) is 57.8 Å². The van der Waals surface area contributed by atoms with E-state index in [2.05, 4.69) is 79.8 Å². The lowest BCUT2D eigenvalue weighted by Gasteiger charge is -2.27. The van der Waals surface area contributed by atoms with E-state index in [1.165, 1.54) is 103 Å². The van der Waals surface area contributed by atoms with Gasteiger partial charge < -0.3 is 28.3 Å². The maximum absolute atomic E-state index is 11.9. The van der Waals surface area contributed by atoms with Crippen molar-refractivity contribution in [3.63, 3.8) is 0 Å². The Labute approximate surface area is 350 Å². The fraction of sp³-hybridized carbons (Fsp3) is 0.729. The molecule has 0 aromatic rings. The van der Waals surface area contributed by atoms with Gasteiger partial charge in [0.05, 0.1) is 27.7 Å². The molecule has 0 radical (unpaired) electrons. The van der Waals surface area contributed by atoms with Crippen molar-refractivity contribution in [3.8, 4) is 0 Å². The molecule has 0 aliphatic carbocycles. The molecule has 0 aromatic heterocycles. The molecule has 0 rings (SSSR count). The van der Waals surface area contributed by atoms with Crippen LogP contribution in [0.4, 0.5) is 0 Å². The Bertz CT molecular complexity index is 1140. The van der Waals surface area contributed by atoms with Crippen LogP contribution in [0.5, 0.6) is 0 Å². The Hall–Kier alpha value is -2.06. The number of esters is 1. The molecule has 2 unspecified atom stereocenters. The molecule has 0 saturated heterocycles. The summed E-state index contributed by atoms with van der Waals surface area (Å²) in [5.41, 5.74) is 0. The zero-order chi connectivity index (χ0) is 42.0. The Kier molecular flexibility index (Phi) is 39.2. The van der Waals surface area contributed by atoms with Crippen LogP contribution in [0.3, 0.4) is 0 Å². The summed E-state index contributed by atoms with van der Waals surface area (Å²) in [6.45, 7) is 1.84. The van der Waals surface area contributed by atoms with Gasteiger partial charge in [0, 0.05) is 6.42 Å². The number of quaternary nitrogens is 1. The van der Waals surface area contributed by atoms with Crippen LogP contribution in [-0.4, -0.2) is 69.2 Å². The number of carbonyl (C=O) groups is 1. The predicted molar refractivity (Wildman–Crippen MR) is 240 cm³/mol. The molecule has 330 valence electrons. The zero-order valence-corrected chi connectivity index (χ0v) is 37.9. The number of hydrogen-bond donors (Lipinski definition) is 1. The zero-order valence-electron chi connectivity index (χ0n) is 37.0. The monoisotopic (exact) mass is 820 g/mol. The second kappa shape index (κ2) is 40.7. The number of unbranched alkanes of at least 4 members (excludes halogenated alkanes) is 18. The number of likely N-dealkylation sites (N-methyl/N-ethyl adjacent to an activating group) is 1. The first-order valence-electron chi connectivity index (χ1n) is 22.7. The highest BCUT2D eigenvalue weighted by molar-refractivity contribution is 7.45. The second-order valence-corrected chi connectivity index (χ2v) is 17.7. The van der Waals surface area contributed by atoms with E-state index in [0.717, 1.165) is 57.8 Å². The summed E-state index contributed by atoms with van der Waals surface area (Å²) >= 11 is 0. The number of aliphatic hydroxyl groups excluding tert-OH is 1. The molecular formula is C48H86NO7P. The van der Waals surface area contributed by atoms with Crippen molar-refractivity contribution < 1.29 is 37.6 Å². The lowest BCUT2D eigenvalue weighted by Crippen LogP contribution is -2.37. The standard InChI is InChI=1S/C48H86NO7P/c1-5-6-7-8-9-10-11-12-13-14-15-16-17-18-19-20-21-22-23-24-25-26-27-28-29-30-31-32-33-34-35-36-37-38-39-40-41-42-48(51)54-45-47(50)46-56-57(52,53)55-44-43-49(2,3)4/h6-7,9-10,12-13,15-16,18-19,21-22,47,50H,5,8,11,14,17,20,23-46H2,1-4H3/b7-6-,10-9-,13-12-,16-15-,19-18-,22-21-. The van der Waals surface area contributed by atoms with Crippen LogP contribution in [-0.2, 0) is 23.1 Å². The number of rotatable bonds is 41. The summed E-state index contributed by atoms with van der Waals surface area (Å²) in [5.74, 6) is -0.387.